The highest BCUT2D eigenvalue weighted by Gasteiger charge is 2.15. The Morgan fingerprint density at radius 2 is 1.89 bits per heavy atom. The molecule has 1 aromatic carbocycles. The highest BCUT2D eigenvalue weighted by Crippen LogP contribution is 2.21. The summed E-state index contributed by atoms with van der Waals surface area (Å²) in [5.41, 5.74) is 6.22. The van der Waals surface area contributed by atoms with Crippen LogP contribution < -0.4 is 25.7 Å². The third-order valence-corrected chi connectivity index (χ3v) is 4.76. The molecule has 1 N–H and O–H groups in total. The number of ether oxygens (including phenoxy) is 1. The van der Waals surface area contributed by atoms with Gasteiger partial charge in [0, 0.05) is 12.2 Å². The van der Waals surface area contributed by atoms with Gasteiger partial charge in [0.05, 0.1) is 7.11 Å². The minimum absolute atomic E-state index is 0. The van der Waals surface area contributed by atoms with E-state index in [1.807, 2.05) is 19.9 Å². The zero-order valence-electron chi connectivity index (χ0n) is 16.0. The lowest BCUT2D eigenvalue weighted by molar-refractivity contribution is 0.402. The third-order valence-electron chi connectivity index (χ3n) is 3.31. The molecule has 6 nitrogen and oxygen atoms in total. The summed E-state index contributed by atoms with van der Waals surface area (Å²) in [4.78, 5) is 11.2. The van der Waals surface area contributed by atoms with Crippen molar-refractivity contribution in [3.05, 3.63) is 68.8 Å². The molecule has 0 aliphatic heterocycles. The van der Waals surface area contributed by atoms with Gasteiger partial charge in [-0.1, -0.05) is 31.7 Å². The van der Waals surface area contributed by atoms with Crippen LogP contribution in [0.3, 0.4) is 0 Å². The molecule has 1 aliphatic rings. The van der Waals surface area contributed by atoms with E-state index >= 15 is 0 Å². The van der Waals surface area contributed by atoms with Crippen LogP contribution in [0, 0.1) is 6.92 Å². The van der Waals surface area contributed by atoms with Crippen LogP contribution >= 0.6 is 0 Å². The van der Waals surface area contributed by atoms with Gasteiger partial charge in [-0.05, 0) is 50.1 Å². The number of hydrogen-bond acceptors (Lipinski definition) is 5. The lowest BCUT2D eigenvalue weighted by atomic mass is 10.2. The molecule has 146 valence electrons. The lowest BCUT2D eigenvalue weighted by Gasteiger charge is -2.07. The van der Waals surface area contributed by atoms with Crippen molar-refractivity contribution in [3.8, 4) is 5.75 Å². The molecular formula is C20H25NO5S. The van der Waals surface area contributed by atoms with Crippen molar-refractivity contribution in [3.63, 3.8) is 0 Å². The molecule has 1 heterocycles. The Bertz CT molecular complexity index is 1140. The number of aryl methyl sites for hydroxylation is 1. The van der Waals surface area contributed by atoms with Gasteiger partial charge in [0.15, 0.2) is 5.42 Å². The summed E-state index contributed by atoms with van der Waals surface area (Å²) in [5.74, 6) is 0.344. The van der Waals surface area contributed by atoms with Crippen LogP contribution in [0.15, 0.2) is 56.2 Å². The number of methoxy groups -OCH3 is 1. The van der Waals surface area contributed by atoms with Crippen LogP contribution in [-0.4, -0.2) is 22.6 Å². The van der Waals surface area contributed by atoms with E-state index in [-0.39, 0.29) is 11.9 Å². The van der Waals surface area contributed by atoms with Crippen LogP contribution in [0.25, 0.3) is 11.8 Å². The number of sulfonamides is 1. The molecule has 0 amide bonds. The number of hydrogen-bond donors (Lipinski definition) is 1. The van der Waals surface area contributed by atoms with E-state index in [0.29, 0.717) is 16.7 Å². The molecule has 27 heavy (non-hydrogen) atoms. The molecule has 0 saturated carbocycles. The fraction of sp³-hybridized carbons (Fsp3) is 0.250. The second kappa shape index (κ2) is 10.4. The summed E-state index contributed by atoms with van der Waals surface area (Å²) >= 11 is 0. The Labute approximate surface area is 160 Å². The van der Waals surface area contributed by atoms with E-state index in [1.165, 1.54) is 20.2 Å². The second-order valence-corrected chi connectivity index (χ2v) is 6.82. The second-order valence-electron chi connectivity index (χ2n) is 4.96. The summed E-state index contributed by atoms with van der Waals surface area (Å²) in [6.45, 7) is 5.72. The smallest absolute Gasteiger partial charge is 0.339 e. The molecule has 0 spiro atoms. The summed E-state index contributed by atoms with van der Waals surface area (Å²) in [7, 11) is -0.619. The Kier molecular flexibility index (Phi) is 8.52. The number of fused-ring (bicyclic) bond motifs is 1. The van der Waals surface area contributed by atoms with E-state index in [0.717, 1.165) is 5.22 Å². The van der Waals surface area contributed by atoms with Crippen molar-refractivity contribution in [1.29, 1.82) is 0 Å². The molecule has 2 aromatic rings. The van der Waals surface area contributed by atoms with E-state index in [9.17, 15) is 13.2 Å². The van der Waals surface area contributed by atoms with Crippen LogP contribution in [0.2, 0.25) is 0 Å². The first kappa shape index (κ1) is 22.2. The quantitative estimate of drug-likeness (QED) is 0.805. The first-order valence-corrected chi connectivity index (χ1v) is 9.76. The van der Waals surface area contributed by atoms with Crippen LogP contribution in [0.1, 0.15) is 20.8 Å². The lowest BCUT2D eigenvalue weighted by Crippen LogP contribution is -2.29. The van der Waals surface area contributed by atoms with E-state index in [1.54, 1.807) is 37.3 Å². The molecule has 1 aromatic heterocycles. The van der Waals surface area contributed by atoms with Gasteiger partial charge in [-0.2, -0.15) is 0 Å². The normalized spacial score (nSPS) is 10.9. The minimum Gasteiger partial charge on any atom is -0.495 e. The molecule has 0 unspecified atom stereocenters. The fourth-order valence-corrected chi connectivity index (χ4v) is 2.89. The Balaban J connectivity index is 0.000000464. The van der Waals surface area contributed by atoms with Crippen molar-refractivity contribution in [2.75, 3.05) is 14.2 Å². The maximum atomic E-state index is 11.4. The molecular weight excluding hydrogens is 366 g/mol. The standard InChI is InChI=1S/C10H6O2.C8H11NO3S.C2H6.H2/c1-7-6-8-4-2-3-5-9(8)12-10(7)11;1-9-13(10,11)8-6-4-3-5-7(8)12-2;1-2;/h2,4,6H,1H3;3-6,9H,1-2H3;1-2H3;1H. The first-order valence-electron chi connectivity index (χ1n) is 8.28. The van der Waals surface area contributed by atoms with Crippen molar-refractivity contribution in [2.24, 2.45) is 0 Å². The minimum atomic E-state index is -3.42. The zero-order valence-corrected chi connectivity index (χ0v) is 16.8. The van der Waals surface area contributed by atoms with E-state index < -0.39 is 10.0 Å². The Morgan fingerprint density at radius 3 is 2.52 bits per heavy atom. The average molecular weight is 391 g/mol. The van der Waals surface area contributed by atoms with Gasteiger partial charge >= 0.3 is 5.63 Å². The van der Waals surface area contributed by atoms with Crippen LogP contribution in [0.5, 0.6) is 5.75 Å². The molecule has 0 radical (unpaired) electrons. The highest BCUT2D eigenvalue weighted by atomic mass is 32.2. The maximum Gasteiger partial charge on any atom is 0.339 e. The maximum absolute atomic E-state index is 11.4. The average Bonchev–Trinajstić information content (AvgIpc) is 2.71. The van der Waals surface area contributed by atoms with Gasteiger partial charge in [0.1, 0.15) is 10.6 Å². The number of nitrogens with one attached hydrogen (secondary N) is 1. The van der Waals surface area contributed by atoms with Crippen molar-refractivity contribution < 1.29 is 19.0 Å². The van der Waals surface area contributed by atoms with Crippen LogP contribution in [0.4, 0.5) is 0 Å². The molecule has 7 heteroatoms. The summed E-state index contributed by atoms with van der Waals surface area (Å²) in [6, 6.07) is 8.24. The number of rotatable bonds is 3. The van der Waals surface area contributed by atoms with Crippen LogP contribution in [-0.2, 0) is 10.0 Å². The van der Waals surface area contributed by atoms with Gasteiger partial charge in [-0.3, -0.25) is 0 Å². The Morgan fingerprint density at radius 1 is 1.22 bits per heavy atom. The molecule has 0 bridgehead atoms. The van der Waals surface area contributed by atoms with Crippen molar-refractivity contribution in [2.45, 2.75) is 25.7 Å². The van der Waals surface area contributed by atoms with E-state index in [4.69, 9.17) is 9.15 Å². The largest absolute Gasteiger partial charge is 0.495 e. The summed E-state index contributed by atoms with van der Waals surface area (Å²) < 4.78 is 34.9. The number of benzene rings is 1. The highest BCUT2D eigenvalue weighted by molar-refractivity contribution is 7.89. The summed E-state index contributed by atoms with van der Waals surface area (Å²) in [5, 5.41) is 0.880. The summed E-state index contributed by atoms with van der Waals surface area (Å²) in [6.07, 6.45) is 3.57. The van der Waals surface area contributed by atoms with Gasteiger partial charge in [-0.15, -0.1) is 0 Å². The number of para-hydroxylation sites is 1. The number of allylic oxidation sites excluding steroid dienone is 1. The molecule has 0 atom stereocenters. The van der Waals surface area contributed by atoms with Gasteiger partial charge in [0.2, 0.25) is 10.0 Å². The third kappa shape index (κ3) is 5.84. The predicted molar refractivity (Wildman–Crippen MR) is 108 cm³/mol. The molecule has 0 saturated heterocycles. The molecule has 1 aliphatic carbocycles. The topological polar surface area (TPSA) is 85.6 Å². The zero-order chi connectivity index (χ0) is 20.4. The van der Waals surface area contributed by atoms with Gasteiger partial charge in [0.25, 0.3) is 0 Å². The van der Waals surface area contributed by atoms with Crippen molar-refractivity contribution >= 4 is 21.8 Å². The first-order chi connectivity index (χ1) is 12.9. The fourth-order valence-electron chi connectivity index (χ4n) is 2.00. The Hall–Kier alpha value is -2.82. The van der Waals surface area contributed by atoms with Gasteiger partial charge < -0.3 is 9.15 Å². The molecule has 0 fully saturated rings. The van der Waals surface area contributed by atoms with E-state index in [2.05, 4.69) is 16.2 Å². The predicted octanol–water partition coefficient (Wildman–Crippen LogP) is 1.71. The van der Waals surface area contributed by atoms with Gasteiger partial charge in [-0.25, -0.2) is 17.9 Å². The molecule has 3 rings (SSSR count). The van der Waals surface area contributed by atoms with Crippen molar-refractivity contribution in [1.82, 2.24) is 4.72 Å². The monoisotopic (exact) mass is 391 g/mol. The SMILES string of the molecule is CC.CNS(=O)(=O)c1ccccc1OC.Cc1cc2c(oc1=O)=C=C=CC=2.[HH].